The molecule has 2 aromatic heterocycles. The number of aryl methyl sites for hydroxylation is 1. The van der Waals surface area contributed by atoms with Crippen molar-refractivity contribution in [3.8, 4) is 10.7 Å². The van der Waals surface area contributed by atoms with Crippen LogP contribution in [0.15, 0.2) is 11.4 Å². The van der Waals surface area contributed by atoms with Gasteiger partial charge in [-0.15, -0.1) is 16.4 Å². The van der Waals surface area contributed by atoms with Crippen LogP contribution in [0.3, 0.4) is 0 Å². The number of nitrogens with one attached hydrogen (secondary N) is 1. The molecule has 2 atom stereocenters. The van der Waals surface area contributed by atoms with E-state index >= 15 is 0 Å². The van der Waals surface area contributed by atoms with Gasteiger partial charge < -0.3 is 10.6 Å². The molecule has 0 radical (unpaired) electrons. The molecule has 0 bridgehead atoms. The monoisotopic (exact) mass is 291 g/mol. The topological polar surface area (TPSA) is 70.8 Å². The SMILES string of the molecule is CCc1ccsc1-c1nc(N2CCCC(N)C2C)n[nH]1. The van der Waals surface area contributed by atoms with Crippen LogP contribution in [-0.4, -0.2) is 33.8 Å². The van der Waals surface area contributed by atoms with Gasteiger partial charge in [-0.25, -0.2) is 0 Å². The number of hydrogen-bond donors (Lipinski definition) is 2. The van der Waals surface area contributed by atoms with Crippen LogP contribution in [0.2, 0.25) is 0 Å². The van der Waals surface area contributed by atoms with Crippen molar-refractivity contribution in [2.24, 2.45) is 5.73 Å². The molecule has 5 nitrogen and oxygen atoms in total. The van der Waals surface area contributed by atoms with Crippen molar-refractivity contribution in [2.75, 3.05) is 11.4 Å². The lowest BCUT2D eigenvalue weighted by molar-refractivity contribution is 0.416. The largest absolute Gasteiger partial charge is 0.335 e. The summed E-state index contributed by atoms with van der Waals surface area (Å²) >= 11 is 1.71. The second kappa shape index (κ2) is 5.54. The summed E-state index contributed by atoms with van der Waals surface area (Å²) < 4.78 is 0. The highest BCUT2D eigenvalue weighted by Gasteiger charge is 2.28. The number of H-pyrrole nitrogens is 1. The van der Waals surface area contributed by atoms with Gasteiger partial charge in [0.25, 0.3) is 0 Å². The Morgan fingerprint density at radius 1 is 1.55 bits per heavy atom. The van der Waals surface area contributed by atoms with Crippen LogP contribution in [0, 0.1) is 0 Å². The van der Waals surface area contributed by atoms with Gasteiger partial charge in [0.05, 0.1) is 4.88 Å². The Labute approximate surface area is 123 Å². The van der Waals surface area contributed by atoms with E-state index in [-0.39, 0.29) is 6.04 Å². The Hall–Kier alpha value is -1.40. The third kappa shape index (κ3) is 2.33. The zero-order valence-corrected chi connectivity index (χ0v) is 12.8. The third-order valence-electron chi connectivity index (χ3n) is 4.12. The van der Waals surface area contributed by atoms with Gasteiger partial charge in [-0.05, 0) is 43.2 Å². The van der Waals surface area contributed by atoms with E-state index < -0.39 is 0 Å². The number of aromatic nitrogens is 3. The van der Waals surface area contributed by atoms with Crippen LogP contribution >= 0.6 is 11.3 Å². The van der Waals surface area contributed by atoms with Crippen molar-refractivity contribution >= 4 is 17.3 Å². The summed E-state index contributed by atoms with van der Waals surface area (Å²) in [7, 11) is 0. The Morgan fingerprint density at radius 3 is 3.20 bits per heavy atom. The maximum Gasteiger partial charge on any atom is 0.245 e. The van der Waals surface area contributed by atoms with Crippen LogP contribution in [0.4, 0.5) is 5.95 Å². The molecule has 0 amide bonds. The molecule has 3 N–H and O–H groups in total. The first-order chi connectivity index (χ1) is 9.70. The summed E-state index contributed by atoms with van der Waals surface area (Å²) in [6.45, 7) is 5.30. The first-order valence-electron chi connectivity index (χ1n) is 7.22. The number of rotatable bonds is 3. The molecule has 0 spiro atoms. The number of thiophene rings is 1. The van der Waals surface area contributed by atoms with Gasteiger partial charge >= 0.3 is 0 Å². The molecule has 6 heteroatoms. The molecule has 3 rings (SSSR count). The summed E-state index contributed by atoms with van der Waals surface area (Å²) in [5, 5.41) is 9.59. The Kier molecular flexibility index (Phi) is 3.76. The van der Waals surface area contributed by atoms with Crippen LogP contribution in [0.1, 0.15) is 32.3 Å². The van der Waals surface area contributed by atoms with Gasteiger partial charge in [0.15, 0.2) is 5.82 Å². The van der Waals surface area contributed by atoms with E-state index in [0.717, 1.165) is 37.6 Å². The molecule has 2 unspecified atom stereocenters. The fraction of sp³-hybridized carbons (Fsp3) is 0.571. The summed E-state index contributed by atoms with van der Waals surface area (Å²) in [6.07, 6.45) is 3.20. The van der Waals surface area contributed by atoms with E-state index in [1.165, 1.54) is 10.4 Å². The first-order valence-corrected chi connectivity index (χ1v) is 8.10. The lowest BCUT2D eigenvalue weighted by Crippen LogP contribution is -2.50. The van der Waals surface area contributed by atoms with Crippen molar-refractivity contribution in [3.05, 3.63) is 17.0 Å². The van der Waals surface area contributed by atoms with Gasteiger partial charge in [0, 0.05) is 18.6 Å². The summed E-state index contributed by atoms with van der Waals surface area (Å²) in [5.41, 5.74) is 7.47. The van der Waals surface area contributed by atoms with Crippen LogP contribution in [0.5, 0.6) is 0 Å². The van der Waals surface area contributed by atoms with Crippen molar-refractivity contribution in [1.29, 1.82) is 0 Å². The number of aromatic amines is 1. The molecule has 1 fully saturated rings. The molecule has 20 heavy (non-hydrogen) atoms. The summed E-state index contributed by atoms with van der Waals surface area (Å²) in [5.74, 6) is 1.65. The molecule has 1 aliphatic heterocycles. The van der Waals surface area contributed by atoms with Crippen molar-refractivity contribution in [1.82, 2.24) is 15.2 Å². The van der Waals surface area contributed by atoms with Gasteiger partial charge in [-0.2, -0.15) is 4.98 Å². The Morgan fingerprint density at radius 2 is 2.40 bits per heavy atom. The van der Waals surface area contributed by atoms with E-state index in [9.17, 15) is 0 Å². The first kappa shape index (κ1) is 13.6. The molecule has 2 aromatic rings. The number of anilines is 1. The number of nitrogens with zero attached hydrogens (tertiary/aromatic N) is 3. The van der Waals surface area contributed by atoms with Crippen LogP contribution < -0.4 is 10.6 Å². The van der Waals surface area contributed by atoms with E-state index in [1.54, 1.807) is 11.3 Å². The lowest BCUT2D eigenvalue weighted by Gasteiger charge is -2.36. The van der Waals surface area contributed by atoms with E-state index in [4.69, 9.17) is 5.73 Å². The Balaban J connectivity index is 1.87. The van der Waals surface area contributed by atoms with Crippen LogP contribution in [0.25, 0.3) is 10.7 Å². The minimum atomic E-state index is 0.207. The molecular formula is C14H21N5S. The van der Waals surface area contributed by atoms with Crippen molar-refractivity contribution in [3.63, 3.8) is 0 Å². The second-order valence-corrected chi connectivity index (χ2v) is 6.27. The van der Waals surface area contributed by atoms with E-state index in [0.29, 0.717) is 6.04 Å². The molecule has 0 saturated carbocycles. The summed E-state index contributed by atoms with van der Waals surface area (Å²) in [4.78, 5) is 8.09. The fourth-order valence-corrected chi connectivity index (χ4v) is 3.70. The number of nitrogens with two attached hydrogens (primary N) is 1. The molecule has 3 heterocycles. The average Bonchev–Trinajstić information content (AvgIpc) is 3.09. The highest BCUT2D eigenvalue weighted by atomic mass is 32.1. The minimum absolute atomic E-state index is 0.207. The molecular weight excluding hydrogens is 270 g/mol. The van der Waals surface area contributed by atoms with Crippen molar-refractivity contribution in [2.45, 2.75) is 45.2 Å². The standard InChI is InChI=1S/C14H21N5S/c1-3-10-6-8-20-12(10)13-16-14(18-17-13)19-7-4-5-11(15)9(19)2/h6,8-9,11H,3-5,7,15H2,1-2H3,(H,16,17,18). The van der Waals surface area contributed by atoms with Crippen LogP contribution in [-0.2, 0) is 6.42 Å². The smallest absolute Gasteiger partial charge is 0.245 e. The minimum Gasteiger partial charge on any atom is -0.335 e. The predicted octanol–water partition coefficient (Wildman–Crippen LogP) is 2.41. The van der Waals surface area contributed by atoms with Gasteiger partial charge in [0.2, 0.25) is 5.95 Å². The average molecular weight is 291 g/mol. The second-order valence-electron chi connectivity index (χ2n) is 5.35. The normalized spacial score (nSPS) is 23.2. The van der Waals surface area contributed by atoms with E-state index in [2.05, 4.69) is 45.4 Å². The summed E-state index contributed by atoms with van der Waals surface area (Å²) in [6, 6.07) is 2.65. The van der Waals surface area contributed by atoms with E-state index in [1.807, 2.05) is 0 Å². The molecule has 1 saturated heterocycles. The molecule has 0 aliphatic carbocycles. The van der Waals surface area contributed by atoms with Gasteiger partial charge in [-0.1, -0.05) is 6.92 Å². The molecule has 1 aliphatic rings. The predicted molar refractivity (Wildman–Crippen MR) is 83.1 cm³/mol. The maximum atomic E-state index is 6.15. The number of hydrogen-bond acceptors (Lipinski definition) is 5. The maximum absolute atomic E-state index is 6.15. The zero-order valence-electron chi connectivity index (χ0n) is 12.0. The highest BCUT2D eigenvalue weighted by molar-refractivity contribution is 7.13. The van der Waals surface area contributed by atoms with Gasteiger partial charge in [-0.3, -0.25) is 5.10 Å². The lowest BCUT2D eigenvalue weighted by atomic mass is 9.99. The third-order valence-corrected chi connectivity index (χ3v) is 5.08. The van der Waals surface area contributed by atoms with Crippen molar-refractivity contribution < 1.29 is 0 Å². The highest BCUT2D eigenvalue weighted by Crippen LogP contribution is 2.29. The zero-order chi connectivity index (χ0) is 14.1. The van der Waals surface area contributed by atoms with Gasteiger partial charge in [0.1, 0.15) is 0 Å². The quantitative estimate of drug-likeness (QED) is 0.911. The number of piperidine rings is 1. The molecule has 0 aromatic carbocycles. The molecule has 108 valence electrons. The fourth-order valence-electron chi connectivity index (χ4n) is 2.76. The Bertz CT molecular complexity index is 576.